The smallest absolute Gasteiger partial charge is 0.246 e. The van der Waals surface area contributed by atoms with Crippen molar-refractivity contribution in [2.24, 2.45) is 0 Å². The van der Waals surface area contributed by atoms with Crippen molar-refractivity contribution in [1.29, 1.82) is 0 Å². The van der Waals surface area contributed by atoms with Gasteiger partial charge in [0.25, 0.3) is 0 Å². The van der Waals surface area contributed by atoms with Gasteiger partial charge in [-0.15, -0.1) is 0 Å². The summed E-state index contributed by atoms with van der Waals surface area (Å²) in [7, 11) is 0. The first-order chi connectivity index (χ1) is 3.83. The van der Waals surface area contributed by atoms with Crippen LogP contribution in [0.25, 0.3) is 0 Å². The van der Waals surface area contributed by atoms with Gasteiger partial charge in [0.2, 0.25) is 4.45 Å². The zero-order chi connectivity index (χ0) is 5.98. The second-order valence-corrected chi connectivity index (χ2v) is 4.37. The van der Waals surface area contributed by atoms with Crippen LogP contribution in [0.5, 0.6) is 0 Å². The molecule has 1 nitrogen and oxygen atoms in total. The molecular weight excluding hydrogens is 160 g/mol. The highest BCUT2D eigenvalue weighted by atomic mass is 32.2. The Morgan fingerprint density at radius 2 is 2.62 bits per heavy atom. The van der Waals surface area contributed by atoms with E-state index < -0.39 is 0 Å². The average Bonchev–Trinajstić information content (AvgIpc) is 2.14. The predicted octanol–water partition coefficient (Wildman–Crippen LogP) is 1.88. The van der Waals surface area contributed by atoms with Gasteiger partial charge in [-0.05, 0) is 0 Å². The molecule has 1 atom stereocenters. The quantitative estimate of drug-likeness (QED) is 0.600. The monoisotopic (exact) mass is 166 g/mol. The van der Waals surface area contributed by atoms with Crippen LogP contribution in [0.15, 0.2) is 0 Å². The Morgan fingerprint density at radius 1 is 1.88 bits per heavy atom. The maximum Gasteiger partial charge on any atom is 0.246 e. The lowest BCUT2D eigenvalue weighted by molar-refractivity contribution is 0.277. The third kappa shape index (κ3) is 1.60. The molecule has 0 aromatic carbocycles. The molecule has 0 N–H and O–H groups in total. The second-order valence-electron chi connectivity index (χ2n) is 1.48. The predicted molar refractivity (Wildman–Crippen MR) is 43.1 cm³/mol. The Morgan fingerprint density at radius 3 is 2.88 bits per heavy atom. The van der Waals surface area contributed by atoms with Crippen LogP contribution in [-0.4, -0.2) is 21.2 Å². The normalized spacial score (nSPS) is 29.1. The molecule has 0 spiro atoms. The maximum atomic E-state index is 10.5. The zero-order valence-corrected chi connectivity index (χ0v) is 6.69. The molecule has 1 aliphatic rings. The summed E-state index contributed by atoms with van der Waals surface area (Å²) in [6, 6.07) is 0. The molecule has 0 bridgehead atoms. The van der Waals surface area contributed by atoms with E-state index in [1.54, 1.807) is 0 Å². The Balaban J connectivity index is 2.32. The van der Waals surface area contributed by atoms with Crippen LogP contribution in [0.2, 0.25) is 0 Å². The van der Waals surface area contributed by atoms with Crippen molar-refractivity contribution in [3.05, 3.63) is 0 Å². The first-order valence-corrected chi connectivity index (χ1v) is 4.77. The van der Waals surface area contributed by atoms with Gasteiger partial charge in [0, 0.05) is 16.8 Å². The topological polar surface area (TPSA) is 17.1 Å². The van der Waals surface area contributed by atoms with Gasteiger partial charge in [-0.3, -0.25) is 4.79 Å². The van der Waals surface area contributed by atoms with Crippen LogP contribution < -0.4 is 0 Å². The second kappa shape index (κ2) is 3.03. The molecule has 0 radical (unpaired) electrons. The summed E-state index contributed by atoms with van der Waals surface area (Å²) < 4.78 is 0.254. The van der Waals surface area contributed by atoms with Gasteiger partial charge in [0.15, 0.2) is 0 Å². The molecule has 0 saturated carbocycles. The van der Waals surface area contributed by atoms with E-state index >= 15 is 0 Å². The summed E-state index contributed by atoms with van der Waals surface area (Å²) in [4.78, 5) is 10.5. The molecule has 46 valence electrons. The van der Waals surface area contributed by atoms with Crippen LogP contribution in [-0.2, 0) is 0 Å². The Hall–Kier alpha value is 0.720. The summed E-state index contributed by atoms with van der Waals surface area (Å²) in [6.07, 6.45) is 0. The summed E-state index contributed by atoms with van der Waals surface area (Å²) in [5, 5.41) is 0.468. The molecule has 1 rings (SSSR count). The highest BCUT2D eigenvalue weighted by Gasteiger charge is 2.21. The van der Waals surface area contributed by atoms with E-state index in [2.05, 4.69) is 12.6 Å². The lowest BCUT2D eigenvalue weighted by atomic mass is 10.6. The number of thiol groups is 1. The van der Waals surface area contributed by atoms with Gasteiger partial charge in [-0.1, -0.05) is 23.5 Å². The fraction of sp³-hybridized carbons (Fsp3) is 0.750. The molecule has 1 fully saturated rings. The van der Waals surface area contributed by atoms with Crippen molar-refractivity contribution in [3.63, 3.8) is 0 Å². The van der Waals surface area contributed by atoms with Crippen LogP contribution in [0.3, 0.4) is 0 Å². The van der Waals surface area contributed by atoms with E-state index in [9.17, 15) is 4.79 Å². The Kier molecular flexibility index (Phi) is 2.59. The van der Waals surface area contributed by atoms with Gasteiger partial charge < -0.3 is 0 Å². The molecule has 0 aromatic heterocycles. The molecule has 0 aromatic rings. The van der Waals surface area contributed by atoms with Crippen molar-refractivity contribution in [2.75, 3.05) is 11.5 Å². The summed E-state index contributed by atoms with van der Waals surface area (Å²) >= 11 is 6.89. The highest BCUT2D eigenvalue weighted by molar-refractivity contribution is 8.41. The Bertz CT molecular complexity index is 103. The molecule has 1 heterocycles. The molecule has 4 heteroatoms. The van der Waals surface area contributed by atoms with E-state index in [-0.39, 0.29) is 4.45 Å². The fourth-order valence-electron chi connectivity index (χ4n) is 0.455. The molecule has 0 amide bonds. The van der Waals surface area contributed by atoms with Gasteiger partial charge in [0.1, 0.15) is 0 Å². The van der Waals surface area contributed by atoms with Gasteiger partial charge in [0.05, 0.1) is 0 Å². The minimum Gasteiger partial charge on any atom is -0.274 e. The van der Waals surface area contributed by atoms with Crippen molar-refractivity contribution in [1.82, 2.24) is 0 Å². The van der Waals surface area contributed by atoms with Gasteiger partial charge in [-0.2, -0.15) is 12.6 Å². The first kappa shape index (κ1) is 6.83. The third-order valence-corrected chi connectivity index (χ3v) is 4.06. The summed E-state index contributed by atoms with van der Waals surface area (Å²) in [6.45, 7) is 0. The lowest BCUT2D eigenvalue weighted by Crippen LogP contribution is -2.00. The maximum absolute atomic E-state index is 10.5. The van der Waals surface area contributed by atoms with Crippen molar-refractivity contribution >= 4 is 40.6 Å². The Labute approximate surface area is 62.4 Å². The fourth-order valence-corrected chi connectivity index (χ4v) is 3.13. The zero-order valence-electron chi connectivity index (χ0n) is 4.16. The number of carbonyl (C=O) groups is 1. The number of hydrogen-bond acceptors (Lipinski definition) is 4. The highest BCUT2D eigenvalue weighted by Crippen LogP contribution is 2.32. The number of thioether (sulfide) groups is 2. The van der Waals surface area contributed by atoms with Crippen molar-refractivity contribution in [2.45, 2.75) is 5.25 Å². The third-order valence-electron chi connectivity index (χ3n) is 0.854. The minimum absolute atomic E-state index is 0.254. The van der Waals surface area contributed by atoms with E-state index in [1.807, 2.05) is 0 Å². The SMILES string of the molecule is O=C1SCC(CS)S1. The molecule has 1 aliphatic heterocycles. The van der Waals surface area contributed by atoms with E-state index in [1.165, 1.54) is 23.5 Å². The van der Waals surface area contributed by atoms with Crippen LogP contribution in [0.1, 0.15) is 0 Å². The molecule has 1 unspecified atom stereocenters. The molecule has 0 aliphatic carbocycles. The number of carbonyl (C=O) groups excluding carboxylic acids is 1. The van der Waals surface area contributed by atoms with Crippen LogP contribution in [0, 0.1) is 0 Å². The molecular formula is C4H6OS3. The van der Waals surface area contributed by atoms with Crippen LogP contribution in [0.4, 0.5) is 4.79 Å². The van der Waals surface area contributed by atoms with Crippen molar-refractivity contribution in [3.8, 4) is 0 Å². The average molecular weight is 166 g/mol. The summed E-state index contributed by atoms with van der Waals surface area (Å²) in [5.41, 5.74) is 0. The van der Waals surface area contributed by atoms with E-state index in [4.69, 9.17) is 0 Å². The number of hydrogen-bond donors (Lipinski definition) is 1. The van der Waals surface area contributed by atoms with E-state index in [0.717, 1.165) is 11.5 Å². The van der Waals surface area contributed by atoms with E-state index in [0.29, 0.717) is 5.25 Å². The van der Waals surface area contributed by atoms with Crippen LogP contribution >= 0.6 is 36.2 Å². The molecule has 8 heavy (non-hydrogen) atoms. The largest absolute Gasteiger partial charge is 0.274 e. The number of rotatable bonds is 1. The summed E-state index contributed by atoms with van der Waals surface area (Å²) in [5.74, 6) is 1.77. The molecule has 1 saturated heterocycles. The van der Waals surface area contributed by atoms with Gasteiger partial charge >= 0.3 is 0 Å². The van der Waals surface area contributed by atoms with Gasteiger partial charge in [-0.25, -0.2) is 0 Å². The first-order valence-electron chi connectivity index (χ1n) is 2.27. The standard InChI is InChI=1S/C4H6OS3/c5-4-7-2-3(1-6)8-4/h3,6H,1-2H2. The van der Waals surface area contributed by atoms with Crippen molar-refractivity contribution < 1.29 is 4.79 Å². The lowest BCUT2D eigenvalue weighted by Gasteiger charge is -1.95. The minimum atomic E-state index is 0.254.